The van der Waals surface area contributed by atoms with Crippen molar-refractivity contribution in [3.63, 3.8) is 0 Å². The maximum atomic E-state index is 11.6. The summed E-state index contributed by atoms with van der Waals surface area (Å²) < 4.78 is 43.4. The lowest BCUT2D eigenvalue weighted by Gasteiger charge is -2.27. The number of phosphoric ester groups is 1. The molecule has 0 spiro atoms. The minimum Gasteiger partial charge on any atom is -0.401 e. The van der Waals surface area contributed by atoms with Crippen LogP contribution in [0.5, 0.6) is 0 Å². The molecule has 25 nitrogen and oxygen atoms in total. The van der Waals surface area contributed by atoms with E-state index in [-0.39, 0.29) is 29.5 Å². The second kappa shape index (κ2) is 25.9. The van der Waals surface area contributed by atoms with Gasteiger partial charge >= 0.3 is 25.0 Å². The largest absolute Gasteiger partial charge is 0.470 e. The van der Waals surface area contributed by atoms with Crippen LogP contribution >= 0.6 is 25.0 Å². The van der Waals surface area contributed by atoms with E-state index in [1.165, 1.54) is 24.7 Å². The van der Waals surface area contributed by atoms with Gasteiger partial charge in [-0.3, -0.25) is 13.9 Å². The zero-order valence-corrected chi connectivity index (χ0v) is 39.0. The van der Waals surface area contributed by atoms with Crippen LogP contribution in [0.25, 0.3) is 11.2 Å². The molecule has 1 amide bonds. The fourth-order valence-electron chi connectivity index (χ4n) is 7.02. The molecule has 2 aromatic heterocycles. The average Bonchev–Trinajstić information content (AvgIpc) is 3.51. The molecular formula is C35H65N10O15P3. The van der Waals surface area contributed by atoms with Crippen LogP contribution in [-0.4, -0.2) is 145 Å². The van der Waals surface area contributed by atoms with Gasteiger partial charge in [-0.2, -0.15) is 0 Å². The van der Waals surface area contributed by atoms with Crippen molar-refractivity contribution in [2.75, 3.05) is 59.3 Å². The van der Waals surface area contributed by atoms with E-state index in [0.29, 0.717) is 38.3 Å². The Labute approximate surface area is 368 Å². The Balaban J connectivity index is 0.000000351. The van der Waals surface area contributed by atoms with Gasteiger partial charge < -0.3 is 80.2 Å². The molecule has 63 heavy (non-hydrogen) atoms. The minimum atomic E-state index is -5.11. The van der Waals surface area contributed by atoms with Crippen molar-refractivity contribution in [1.29, 1.82) is 0 Å². The SMILES string of the molecule is CC.CC(C)(COP(O)OP(O)OCC1OC(n2cnc3c(N)ncnc32)C(O)C1OP(=O)(O)O)C(O)C=O.CNCCC(=O)NCCN(N)/C1=C(\N)CCC2C(CC1)[C@H]2COC. The number of aliphatic hydroxyl groups is 2. The fourth-order valence-corrected chi connectivity index (χ4v) is 9.17. The van der Waals surface area contributed by atoms with Crippen LogP contribution in [0, 0.1) is 23.2 Å². The van der Waals surface area contributed by atoms with Gasteiger partial charge in [-0.05, 0) is 50.5 Å². The summed E-state index contributed by atoms with van der Waals surface area (Å²) in [5, 5.41) is 27.9. The molecule has 5 rings (SSSR count). The molecule has 0 aromatic carbocycles. The fraction of sp³-hybridized carbons (Fsp3) is 0.743. The Morgan fingerprint density at radius 2 is 1.78 bits per heavy atom. The number of fused-ring (bicyclic) bond motifs is 2. The van der Waals surface area contributed by atoms with Crippen molar-refractivity contribution < 1.29 is 71.3 Å². The molecule has 3 aliphatic rings. The smallest absolute Gasteiger partial charge is 0.401 e. The summed E-state index contributed by atoms with van der Waals surface area (Å²) in [6.07, 6.45) is -0.100. The molecule has 2 aromatic rings. The Bertz CT molecular complexity index is 1810. The first-order valence-electron chi connectivity index (χ1n) is 20.3. The summed E-state index contributed by atoms with van der Waals surface area (Å²) in [5.74, 6) is 8.51. The maximum Gasteiger partial charge on any atom is 0.470 e. The van der Waals surface area contributed by atoms with Gasteiger partial charge in [0.05, 0.1) is 26.1 Å². The molecule has 3 heterocycles. The Morgan fingerprint density at radius 3 is 2.41 bits per heavy atom. The molecule has 9 unspecified atom stereocenters. The lowest BCUT2D eigenvalue weighted by Crippen LogP contribution is -2.40. The number of phosphoric acid groups is 1. The second-order valence-electron chi connectivity index (χ2n) is 15.3. The monoisotopic (exact) mass is 958 g/mol. The molecule has 2 fully saturated rings. The minimum absolute atomic E-state index is 0.0422. The Kier molecular flexibility index (Phi) is 22.5. The van der Waals surface area contributed by atoms with Crippen molar-refractivity contribution >= 4 is 54.2 Å². The number of allylic oxidation sites excluding steroid dienone is 2. The van der Waals surface area contributed by atoms with E-state index >= 15 is 0 Å². The molecule has 1 saturated heterocycles. The number of imidazole rings is 1. The number of aldehydes is 1. The van der Waals surface area contributed by atoms with Gasteiger partial charge in [0.1, 0.15) is 42.5 Å². The number of amides is 1. The average molecular weight is 959 g/mol. The number of hydrogen-bond donors (Lipinski definition) is 11. The number of ether oxygens (including phenoxy) is 2. The number of carbonyl (C=O) groups is 2. The predicted octanol–water partition coefficient (Wildman–Crippen LogP) is 0.386. The van der Waals surface area contributed by atoms with E-state index in [4.69, 9.17) is 44.7 Å². The third-order valence-electron chi connectivity index (χ3n) is 10.5. The van der Waals surface area contributed by atoms with E-state index in [0.717, 1.165) is 61.8 Å². The summed E-state index contributed by atoms with van der Waals surface area (Å²) in [6, 6.07) is 0. The first kappa shape index (κ1) is 54.7. The van der Waals surface area contributed by atoms with Crippen LogP contribution < -0.4 is 27.9 Å². The van der Waals surface area contributed by atoms with Crippen LogP contribution in [-0.2, 0) is 41.5 Å². The normalized spacial score (nSPS) is 26.1. The van der Waals surface area contributed by atoms with E-state index < -0.39 is 67.7 Å². The van der Waals surface area contributed by atoms with Gasteiger partial charge in [0.25, 0.3) is 0 Å². The third-order valence-corrected chi connectivity index (χ3v) is 12.9. The van der Waals surface area contributed by atoms with Crippen molar-refractivity contribution in [3.05, 3.63) is 24.0 Å². The zero-order chi connectivity index (χ0) is 47.1. The summed E-state index contributed by atoms with van der Waals surface area (Å²) in [6.45, 7) is 8.74. The number of nitrogens with zero attached hydrogens (tertiary/aromatic N) is 5. The standard InChI is InChI=1S/C17H33N5O2.C16H26N5O13P3.C2H6/c1-20-8-7-17(23)21-9-10-22(19)16-6-4-13-12(3-5-15(16)18)14(13)11-24-2;1-16(2,9(23)3-22)5-31-36(26)34-35(25)30-4-8-12(33-37(27,28)29)11(24)15(32-8)21-7-20-10-13(17)18-6-19-14(10)21;1-2/h12-14,20H,3-11,18-19H2,1-2H3,(H,21,23);3,6-9,11-12,15,23-26H,4-5H2,1-2H3,(H2,17,18,19)(H2,27,28,29);1-2H3/b16-15-;;/t12?,13?,14-;;/m0../s1. The highest BCUT2D eigenvalue weighted by molar-refractivity contribution is 7.54. The van der Waals surface area contributed by atoms with Crippen LogP contribution in [0.15, 0.2) is 24.0 Å². The number of rotatable bonds is 22. The van der Waals surface area contributed by atoms with Crippen LogP contribution in [0.3, 0.4) is 0 Å². The van der Waals surface area contributed by atoms with Gasteiger partial charge in [-0.25, -0.2) is 29.7 Å². The molecule has 0 bridgehead atoms. The number of anilines is 1. The first-order chi connectivity index (χ1) is 29.8. The number of hydrazine groups is 1. The number of hydrogen-bond acceptors (Lipinski definition) is 21. The highest BCUT2D eigenvalue weighted by atomic mass is 31.2. The molecule has 28 heteroatoms. The zero-order valence-electron chi connectivity index (χ0n) is 36.3. The number of aliphatic hydroxyl groups excluding tert-OH is 2. The number of nitrogen functional groups attached to an aromatic ring is 1. The second-order valence-corrected chi connectivity index (χ2v) is 18.6. The number of methoxy groups -OCH3 is 1. The van der Waals surface area contributed by atoms with Gasteiger partial charge in [0, 0.05) is 50.0 Å². The van der Waals surface area contributed by atoms with Gasteiger partial charge in [-0.15, -0.1) is 0 Å². The number of carbonyl (C=O) groups excluding carboxylic acids is 2. The summed E-state index contributed by atoms with van der Waals surface area (Å²) in [5.41, 5.74) is 13.3. The molecule has 10 atom stereocenters. The van der Waals surface area contributed by atoms with Crippen molar-refractivity contribution in [1.82, 2.24) is 35.2 Å². The van der Waals surface area contributed by atoms with Crippen LogP contribution in [0.1, 0.15) is 66.0 Å². The maximum absolute atomic E-state index is 11.6. The van der Waals surface area contributed by atoms with Gasteiger partial charge in [0.2, 0.25) is 5.91 Å². The first-order valence-corrected chi connectivity index (χ1v) is 24.1. The van der Waals surface area contributed by atoms with E-state index in [9.17, 15) is 43.9 Å². The van der Waals surface area contributed by atoms with E-state index in [1.807, 2.05) is 20.9 Å². The molecule has 0 radical (unpaired) electrons. The Morgan fingerprint density at radius 1 is 1.11 bits per heavy atom. The highest BCUT2D eigenvalue weighted by Crippen LogP contribution is 2.54. The lowest BCUT2D eigenvalue weighted by atomic mass is 9.88. The van der Waals surface area contributed by atoms with Gasteiger partial charge in [0.15, 0.2) is 17.7 Å². The molecule has 1 saturated carbocycles. The highest BCUT2D eigenvalue weighted by Gasteiger charge is 2.50. The van der Waals surface area contributed by atoms with Crippen LogP contribution in [0.4, 0.5) is 5.82 Å². The third kappa shape index (κ3) is 16.3. The molecule has 14 N–H and O–H groups in total. The summed E-state index contributed by atoms with van der Waals surface area (Å²) in [4.78, 5) is 72.7. The summed E-state index contributed by atoms with van der Waals surface area (Å²) >= 11 is 0. The topological polar surface area (TPSA) is 377 Å². The number of nitrogens with one attached hydrogen (secondary N) is 2. The number of nitrogens with two attached hydrogens (primary N) is 3. The quantitative estimate of drug-likeness (QED) is 0.0329. The van der Waals surface area contributed by atoms with Crippen molar-refractivity contribution in [3.8, 4) is 0 Å². The Hall–Kier alpha value is -2.64. The lowest BCUT2D eigenvalue weighted by molar-refractivity contribution is -0.122. The molecular weight excluding hydrogens is 893 g/mol. The molecule has 360 valence electrons. The predicted molar refractivity (Wildman–Crippen MR) is 230 cm³/mol. The van der Waals surface area contributed by atoms with Crippen LogP contribution in [0.2, 0.25) is 0 Å². The van der Waals surface area contributed by atoms with Gasteiger partial charge in [-0.1, -0.05) is 27.7 Å². The number of aromatic nitrogens is 4. The van der Waals surface area contributed by atoms with E-state index in [2.05, 4.69) is 25.6 Å². The van der Waals surface area contributed by atoms with E-state index in [1.54, 1.807) is 12.1 Å². The van der Waals surface area contributed by atoms with Crippen molar-refractivity contribution in [2.45, 2.75) is 90.4 Å². The van der Waals surface area contributed by atoms with Crippen molar-refractivity contribution in [2.24, 2.45) is 34.7 Å². The molecule has 1 aliphatic heterocycles. The summed E-state index contributed by atoms with van der Waals surface area (Å²) in [7, 11) is -7.01. The molecule has 2 aliphatic carbocycles.